The predicted molar refractivity (Wildman–Crippen MR) is 89.9 cm³/mol. The summed E-state index contributed by atoms with van der Waals surface area (Å²) in [5.41, 5.74) is -8.92. The largest absolute Gasteiger partial charge is 0.435 e. The molecule has 0 radical (unpaired) electrons. The van der Waals surface area contributed by atoms with Crippen LogP contribution in [0.2, 0.25) is 0 Å². The number of nitrogens with zero attached hydrogens (tertiary/aromatic N) is 4. The Labute approximate surface area is 165 Å². The monoisotopic (exact) mass is 450 g/mol. The normalized spacial score (nSPS) is 13.5. The van der Waals surface area contributed by atoms with Gasteiger partial charge in [0.1, 0.15) is 11.0 Å². The van der Waals surface area contributed by atoms with Crippen molar-refractivity contribution < 1.29 is 39.5 Å². The average Bonchev–Trinajstić information content (AvgIpc) is 2.64. The van der Waals surface area contributed by atoms with Crippen molar-refractivity contribution in [3.8, 4) is 0 Å². The first-order valence-electron chi connectivity index (χ1n) is 8.32. The quantitative estimate of drug-likeness (QED) is 0.240. The summed E-state index contributed by atoms with van der Waals surface area (Å²) in [6, 6.07) is 5.18. The molecule has 0 amide bonds. The molecular weight excluding hydrogens is 443 g/mol. The number of alkyl halides is 9. The lowest BCUT2D eigenvalue weighted by molar-refractivity contribution is -0.167. The molecule has 4 rings (SSSR count). The number of hydrogen-bond acceptors (Lipinski definition) is 4. The van der Waals surface area contributed by atoms with E-state index in [1.54, 1.807) is 0 Å². The summed E-state index contributed by atoms with van der Waals surface area (Å²) >= 11 is 0. The van der Waals surface area contributed by atoms with Crippen LogP contribution in [0.15, 0.2) is 24.3 Å². The van der Waals surface area contributed by atoms with Gasteiger partial charge in [0.05, 0.1) is 16.7 Å². The molecule has 0 fully saturated rings. The molecule has 2 heterocycles. The maximum absolute atomic E-state index is 13.3. The van der Waals surface area contributed by atoms with Gasteiger partial charge in [-0.25, -0.2) is 19.9 Å². The Morgan fingerprint density at radius 2 is 0.871 bits per heavy atom. The average molecular weight is 450 g/mol. The lowest BCUT2D eigenvalue weighted by Gasteiger charge is -2.17. The summed E-state index contributed by atoms with van der Waals surface area (Å²) in [7, 11) is 0. The SMILES string of the molecule is Cc1nc2c(nc1C(F)(F)F)c1ccccc1c1nc(C(F)(F)F)c(C(F)(F)F)nc12. The van der Waals surface area contributed by atoms with Crippen LogP contribution in [0.3, 0.4) is 0 Å². The van der Waals surface area contributed by atoms with Crippen LogP contribution in [-0.4, -0.2) is 19.9 Å². The summed E-state index contributed by atoms with van der Waals surface area (Å²) in [6.45, 7) is 0.929. The summed E-state index contributed by atoms with van der Waals surface area (Å²) < 4.78 is 120. The van der Waals surface area contributed by atoms with Gasteiger partial charge in [-0.05, 0) is 6.92 Å². The molecule has 4 aromatic rings. The summed E-state index contributed by atoms with van der Waals surface area (Å²) in [6.07, 6.45) is -15.9. The Hall–Kier alpha value is -3.25. The number of hydrogen-bond donors (Lipinski definition) is 0. The Balaban J connectivity index is 2.29. The number of fused-ring (bicyclic) bond motifs is 6. The first-order chi connectivity index (χ1) is 14.2. The minimum absolute atomic E-state index is 0.0646. The minimum atomic E-state index is -5.53. The van der Waals surface area contributed by atoms with Crippen LogP contribution in [0, 0.1) is 6.92 Å². The third kappa shape index (κ3) is 3.37. The molecule has 0 saturated carbocycles. The Kier molecular flexibility index (Phi) is 4.32. The zero-order valence-electron chi connectivity index (χ0n) is 15.0. The van der Waals surface area contributed by atoms with Gasteiger partial charge in [0.15, 0.2) is 17.1 Å². The van der Waals surface area contributed by atoms with E-state index in [-0.39, 0.29) is 10.8 Å². The smallest absolute Gasteiger partial charge is 0.247 e. The molecule has 162 valence electrons. The maximum Gasteiger partial charge on any atom is 0.435 e. The van der Waals surface area contributed by atoms with E-state index in [2.05, 4.69) is 19.9 Å². The highest BCUT2D eigenvalue weighted by atomic mass is 19.4. The van der Waals surface area contributed by atoms with Gasteiger partial charge in [0.25, 0.3) is 0 Å². The predicted octanol–water partition coefficient (Wildman–Crippen LogP) is 6.09. The van der Waals surface area contributed by atoms with Crippen LogP contribution in [0.5, 0.6) is 0 Å². The molecule has 4 nitrogen and oxygen atoms in total. The van der Waals surface area contributed by atoms with E-state index in [9.17, 15) is 39.5 Å². The van der Waals surface area contributed by atoms with Gasteiger partial charge in [0.2, 0.25) is 0 Å². The summed E-state index contributed by atoms with van der Waals surface area (Å²) in [5, 5.41) is -0.215. The second-order valence-electron chi connectivity index (χ2n) is 6.51. The van der Waals surface area contributed by atoms with Crippen LogP contribution >= 0.6 is 0 Å². The molecule has 2 aromatic heterocycles. The van der Waals surface area contributed by atoms with Gasteiger partial charge < -0.3 is 0 Å². The van der Waals surface area contributed by atoms with Crippen molar-refractivity contribution in [1.82, 2.24) is 19.9 Å². The van der Waals surface area contributed by atoms with Gasteiger partial charge in [-0.2, -0.15) is 39.5 Å². The van der Waals surface area contributed by atoms with Crippen molar-refractivity contribution in [3.63, 3.8) is 0 Å². The Bertz CT molecular complexity index is 1350. The highest BCUT2D eigenvalue weighted by Crippen LogP contribution is 2.42. The van der Waals surface area contributed by atoms with E-state index in [0.29, 0.717) is 0 Å². The van der Waals surface area contributed by atoms with E-state index in [1.165, 1.54) is 24.3 Å². The molecule has 0 saturated heterocycles. The van der Waals surface area contributed by atoms with E-state index in [0.717, 1.165) is 6.92 Å². The first kappa shape index (κ1) is 21.0. The second-order valence-corrected chi connectivity index (χ2v) is 6.51. The molecule has 31 heavy (non-hydrogen) atoms. The Morgan fingerprint density at radius 1 is 0.516 bits per heavy atom. The van der Waals surface area contributed by atoms with E-state index >= 15 is 0 Å². The third-order valence-electron chi connectivity index (χ3n) is 4.43. The fourth-order valence-corrected chi connectivity index (χ4v) is 3.22. The van der Waals surface area contributed by atoms with Crippen molar-refractivity contribution in [2.75, 3.05) is 0 Å². The van der Waals surface area contributed by atoms with Crippen LogP contribution in [0.4, 0.5) is 39.5 Å². The molecule has 0 aliphatic carbocycles. The summed E-state index contributed by atoms with van der Waals surface area (Å²) in [5.74, 6) is 0. The molecule has 0 bridgehead atoms. The number of halogens is 9. The highest BCUT2D eigenvalue weighted by Gasteiger charge is 2.47. The lowest BCUT2D eigenvalue weighted by atomic mass is 10.0. The van der Waals surface area contributed by atoms with Gasteiger partial charge in [0, 0.05) is 10.8 Å². The number of aromatic nitrogens is 4. The molecule has 2 aromatic carbocycles. The summed E-state index contributed by atoms with van der Waals surface area (Å²) in [4.78, 5) is 13.6. The minimum Gasteiger partial charge on any atom is -0.247 e. The maximum atomic E-state index is 13.3. The number of aryl methyl sites for hydroxylation is 1. The van der Waals surface area contributed by atoms with Crippen LogP contribution in [0.1, 0.15) is 22.8 Å². The zero-order valence-corrected chi connectivity index (χ0v) is 15.0. The molecule has 0 N–H and O–H groups in total. The van der Waals surface area contributed by atoms with E-state index < -0.39 is 63.4 Å². The molecule has 0 aliphatic rings. The van der Waals surface area contributed by atoms with Gasteiger partial charge in [-0.3, -0.25) is 0 Å². The van der Waals surface area contributed by atoms with Gasteiger partial charge in [-0.15, -0.1) is 0 Å². The number of rotatable bonds is 0. The molecule has 0 spiro atoms. The van der Waals surface area contributed by atoms with E-state index in [4.69, 9.17) is 0 Å². The molecular formula is C18H7F9N4. The number of benzene rings is 2. The molecule has 0 atom stereocenters. The molecule has 0 aliphatic heterocycles. The third-order valence-corrected chi connectivity index (χ3v) is 4.43. The van der Waals surface area contributed by atoms with Crippen molar-refractivity contribution in [1.29, 1.82) is 0 Å². The zero-order chi connectivity index (χ0) is 22.9. The molecule has 13 heteroatoms. The fourth-order valence-electron chi connectivity index (χ4n) is 3.22. The van der Waals surface area contributed by atoms with Crippen LogP contribution in [0.25, 0.3) is 32.8 Å². The van der Waals surface area contributed by atoms with Crippen LogP contribution < -0.4 is 0 Å². The second kappa shape index (κ2) is 6.37. The van der Waals surface area contributed by atoms with E-state index in [1.807, 2.05) is 0 Å². The Morgan fingerprint density at radius 3 is 1.29 bits per heavy atom. The topological polar surface area (TPSA) is 51.6 Å². The fraction of sp³-hybridized carbons (Fsp3) is 0.222. The standard InChI is InChI=1S/C18H7F9N4/c1-6-13(16(19,20)21)29-9-7-4-2-3-5-8(7)10-12(11(9)28-6)31-15(18(25,26)27)14(30-10)17(22,23)24/h2-5H,1H3. The van der Waals surface area contributed by atoms with Gasteiger partial charge in [-0.1, -0.05) is 24.3 Å². The van der Waals surface area contributed by atoms with Crippen LogP contribution in [-0.2, 0) is 18.5 Å². The lowest BCUT2D eigenvalue weighted by Crippen LogP contribution is -2.21. The molecule has 0 unspecified atom stereocenters. The highest BCUT2D eigenvalue weighted by molar-refractivity contribution is 6.20. The van der Waals surface area contributed by atoms with Gasteiger partial charge >= 0.3 is 18.5 Å². The van der Waals surface area contributed by atoms with Crippen molar-refractivity contribution in [2.45, 2.75) is 25.5 Å². The van der Waals surface area contributed by atoms with Crippen molar-refractivity contribution in [3.05, 3.63) is 47.0 Å². The first-order valence-corrected chi connectivity index (χ1v) is 8.32. The van der Waals surface area contributed by atoms with Crippen molar-refractivity contribution >= 4 is 32.8 Å². The van der Waals surface area contributed by atoms with Crippen molar-refractivity contribution in [2.24, 2.45) is 0 Å².